The molecule has 1 aromatic rings. The Labute approximate surface area is 108 Å². The van der Waals surface area contributed by atoms with Gasteiger partial charge in [0.15, 0.2) is 0 Å². The molecule has 1 aliphatic heterocycles. The van der Waals surface area contributed by atoms with E-state index in [1.54, 1.807) is 7.11 Å². The van der Waals surface area contributed by atoms with E-state index in [1.807, 2.05) is 0 Å². The third kappa shape index (κ3) is 2.43. The van der Waals surface area contributed by atoms with Gasteiger partial charge >= 0.3 is 0 Å². The van der Waals surface area contributed by atoms with Gasteiger partial charge in [-0.1, -0.05) is 17.7 Å². The summed E-state index contributed by atoms with van der Waals surface area (Å²) in [6.07, 6.45) is 2.28. The number of hydrogen-bond acceptors (Lipinski definition) is 2. The molecular formula is C14H20ClNO. The molecule has 1 saturated heterocycles. The molecule has 94 valence electrons. The summed E-state index contributed by atoms with van der Waals surface area (Å²) in [7, 11) is 1.73. The van der Waals surface area contributed by atoms with Crippen LogP contribution >= 0.6 is 11.6 Å². The molecule has 0 saturated carbocycles. The summed E-state index contributed by atoms with van der Waals surface area (Å²) in [4.78, 5) is 0. The number of methoxy groups -OCH3 is 1. The Balaban J connectivity index is 2.48. The van der Waals surface area contributed by atoms with Gasteiger partial charge in [0, 0.05) is 5.56 Å². The molecule has 2 rings (SSSR count). The molecule has 1 aromatic carbocycles. The van der Waals surface area contributed by atoms with E-state index in [0.29, 0.717) is 5.92 Å². The Hall–Kier alpha value is -0.730. The third-order valence-corrected chi connectivity index (χ3v) is 4.07. The lowest BCUT2D eigenvalue weighted by Gasteiger charge is -2.27. The summed E-state index contributed by atoms with van der Waals surface area (Å²) >= 11 is 6.48. The van der Waals surface area contributed by atoms with Crippen LogP contribution in [-0.4, -0.2) is 20.2 Å². The van der Waals surface area contributed by atoms with Crippen LogP contribution in [0.1, 0.15) is 35.4 Å². The maximum atomic E-state index is 6.48. The van der Waals surface area contributed by atoms with Crippen molar-refractivity contribution in [2.75, 3.05) is 20.2 Å². The van der Waals surface area contributed by atoms with Crippen molar-refractivity contribution >= 4 is 11.6 Å². The van der Waals surface area contributed by atoms with Gasteiger partial charge in [-0.3, -0.25) is 0 Å². The average Bonchev–Trinajstić information content (AvgIpc) is 2.34. The van der Waals surface area contributed by atoms with Crippen molar-refractivity contribution in [2.24, 2.45) is 0 Å². The van der Waals surface area contributed by atoms with Crippen molar-refractivity contribution in [3.8, 4) is 5.75 Å². The summed E-state index contributed by atoms with van der Waals surface area (Å²) < 4.78 is 5.56. The van der Waals surface area contributed by atoms with Crippen LogP contribution in [0.2, 0.25) is 5.02 Å². The maximum Gasteiger partial charge on any atom is 0.126 e. The second-order valence-corrected chi connectivity index (χ2v) is 5.17. The van der Waals surface area contributed by atoms with E-state index in [2.05, 4.69) is 25.2 Å². The van der Waals surface area contributed by atoms with E-state index >= 15 is 0 Å². The lowest BCUT2D eigenvalue weighted by molar-refractivity contribution is 0.389. The van der Waals surface area contributed by atoms with Crippen LogP contribution in [0.15, 0.2) is 6.07 Å². The van der Waals surface area contributed by atoms with Gasteiger partial charge in [0.05, 0.1) is 12.1 Å². The van der Waals surface area contributed by atoms with Gasteiger partial charge in [-0.2, -0.15) is 0 Å². The molecule has 17 heavy (non-hydrogen) atoms. The van der Waals surface area contributed by atoms with Crippen LogP contribution in [0.5, 0.6) is 5.75 Å². The van der Waals surface area contributed by atoms with Gasteiger partial charge in [0.1, 0.15) is 5.75 Å². The lowest BCUT2D eigenvalue weighted by atomic mass is 9.87. The number of halogens is 1. The van der Waals surface area contributed by atoms with E-state index < -0.39 is 0 Å². The summed E-state index contributed by atoms with van der Waals surface area (Å²) in [6.45, 7) is 6.29. The van der Waals surface area contributed by atoms with E-state index in [9.17, 15) is 0 Å². The molecule has 1 fully saturated rings. The zero-order chi connectivity index (χ0) is 12.4. The number of aryl methyl sites for hydroxylation is 2. The third-order valence-electron chi connectivity index (χ3n) is 3.57. The van der Waals surface area contributed by atoms with Gasteiger partial charge in [0.2, 0.25) is 0 Å². The number of piperidine rings is 1. The first-order valence-electron chi connectivity index (χ1n) is 6.19. The van der Waals surface area contributed by atoms with Crippen molar-refractivity contribution in [3.05, 3.63) is 27.8 Å². The summed E-state index contributed by atoms with van der Waals surface area (Å²) in [5.41, 5.74) is 3.55. The summed E-state index contributed by atoms with van der Waals surface area (Å²) in [5.74, 6) is 1.50. The van der Waals surface area contributed by atoms with Gasteiger partial charge in [-0.05, 0) is 56.8 Å². The quantitative estimate of drug-likeness (QED) is 0.872. The van der Waals surface area contributed by atoms with Crippen LogP contribution in [0.25, 0.3) is 0 Å². The predicted octanol–water partition coefficient (Wildman–Crippen LogP) is 3.43. The minimum absolute atomic E-state index is 0.525. The Bertz CT molecular complexity index is 411. The molecule has 0 atom stereocenters. The molecule has 1 heterocycles. The SMILES string of the molecule is COc1c(C)cc(C)c(Cl)c1C1CCNCC1. The molecule has 0 spiro atoms. The Morgan fingerprint density at radius 2 is 1.88 bits per heavy atom. The number of ether oxygens (including phenoxy) is 1. The van der Waals surface area contributed by atoms with Crippen molar-refractivity contribution in [2.45, 2.75) is 32.6 Å². The van der Waals surface area contributed by atoms with Crippen molar-refractivity contribution < 1.29 is 4.74 Å². The van der Waals surface area contributed by atoms with E-state index in [4.69, 9.17) is 16.3 Å². The van der Waals surface area contributed by atoms with Crippen molar-refractivity contribution in [3.63, 3.8) is 0 Å². The second kappa shape index (κ2) is 5.28. The standard InChI is InChI=1S/C14H20ClNO/c1-9-8-10(2)14(17-3)12(13(9)15)11-4-6-16-7-5-11/h8,11,16H,4-7H2,1-3H3. The molecule has 3 heteroatoms. The van der Waals surface area contributed by atoms with Crippen LogP contribution in [-0.2, 0) is 0 Å². The smallest absolute Gasteiger partial charge is 0.126 e. The highest BCUT2D eigenvalue weighted by molar-refractivity contribution is 6.32. The van der Waals surface area contributed by atoms with Crippen LogP contribution < -0.4 is 10.1 Å². The molecule has 0 radical (unpaired) electrons. The van der Waals surface area contributed by atoms with Gasteiger partial charge in [0.25, 0.3) is 0 Å². The molecule has 0 amide bonds. The van der Waals surface area contributed by atoms with Gasteiger partial charge in [-0.25, -0.2) is 0 Å². The molecule has 0 unspecified atom stereocenters. The molecule has 0 bridgehead atoms. The molecule has 0 aliphatic carbocycles. The fourth-order valence-corrected chi connectivity index (χ4v) is 3.02. The summed E-state index contributed by atoms with van der Waals surface area (Å²) in [6, 6.07) is 2.10. The Morgan fingerprint density at radius 3 is 2.47 bits per heavy atom. The van der Waals surface area contributed by atoms with Crippen LogP contribution in [0, 0.1) is 13.8 Å². The predicted molar refractivity (Wildman–Crippen MR) is 72.3 cm³/mol. The topological polar surface area (TPSA) is 21.3 Å². The van der Waals surface area contributed by atoms with Crippen molar-refractivity contribution in [1.82, 2.24) is 5.32 Å². The largest absolute Gasteiger partial charge is 0.496 e. The molecule has 2 nitrogen and oxygen atoms in total. The minimum atomic E-state index is 0.525. The number of hydrogen-bond donors (Lipinski definition) is 1. The molecule has 0 aromatic heterocycles. The number of rotatable bonds is 2. The van der Waals surface area contributed by atoms with Crippen LogP contribution in [0.3, 0.4) is 0 Å². The fraction of sp³-hybridized carbons (Fsp3) is 0.571. The molecule has 1 N–H and O–H groups in total. The van der Waals surface area contributed by atoms with Gasteiger partial charge < -0.3 is 10.1 Å². The van der Waals surface area contributed by atoms with Crippen LogP contribution in [0.4, 0.5) is 0 Å². The zero-order valence-electron chi connectivity index (χ0n) is 10.8. The van der Waals surface area contributed by atoms with E-state index in [0.717, 1.165) is 42.3 Å². The highest BCUT2D eigenvalue weighted by atomic mass is 35.5. The Kier molecular flexibility index (Phi) is 3.95. The molecular weight excluding hydrogens is 234 g/mol. The lowest BCUT2D eigenvalue weighted by Crippen LogP contribution is -2.27. The fourth-order valence-electron chi connectivity index (χ4n) is 2.72. The zero-order valence-corrected chi connectivity index (χ0v) is 11.5. The van der Waals surface area contributed by atoms with Crippen molar-refractivity contribution in [1.29, 1.82) is 0 Å². The average molecular weight is 254 g/mol. The van der Waals surface area contributed by atoms with Gasteiger partial charge in [-0.15, -0.1) is 0 Å². The highest BCUT2D eigenvalue weighted by Gasteiger charge is 2.23. The maximum absolute atomic E-state index is 6.48. The highest BCUT2D eigenvalue weighted by Crippen LogP contribution is 2.41. The second-order valence-electron chi connectivity index (χ2n) is 4.80. The monoisotopic (exact) mass is 253 g/mol. The molecule has 1 aliphatic rings. The number of benzene rings is 1. The Morgan fingerprint density at radius 1 is 1.24 bits per heavy atom. The first-order valence-corrected chi connectivity index (χ1v) is 6.57. The normalized spacial score (nSPS) is 17.2. The number of nitrogens with one attached hydrogen (secondary N) is 1. The van der Waals surface area contributed by atoms with E-state index in [1.165, 1.54) is 11.1 Å². The van der Waals surface area contributed by atoms with E-state index in [-0.39, 0.29) is 0 Å². The summed E-state index contributed by atoms with van der Waals surface area (Å²) in [5, 5.41) is 4.28. The minimum Gasteiger partial charge on any atom is -0.496 e. The first kappa shape index (κ1) is 12.7. The first-order chi connectivity index (χ1) is 8.15.